The maximum Gasteiger partial charge on any atom is 0.446 e. The predicted molar refractivity (Wildman–Crippen MR) is 66.7 cm³/mol. The SMILES string of the molecule is COC(=O)Cc1c(CN)ccc(SC(F)(F)F)c1C#N. The summed E-state index contributed by atoms with van der Waals surface area (Å²) in [6.45, 7) is 0.0119. The Bertz CT molecular complexity index is 553. The van der Waals surface area contributed by atoms with Gasteiger partial charge in [0.05, 0.1) is 19.1 Å². The first kappa shape index (κ1) is 16.3. The van der Waals surface area contributed by atoms with Crippen LogP contribution in [-0.4, -0.2) is 18.6 Å². The molecule has 0 atom stereocenters. The second-order valence-corrected chi connectivity index (χ2v) is 4.80. The predicted octanol–water partition coefficient (Wildman–Crippen LogP) is 2.34. The Morgan fingerprint density at radius 2 is 2.15 bits per heavy atom. The van der Waals surface area contributed by atoms with Crippen molar-refractivity contribution in [1.82, 2.24) is 0 Å². The fraction of sp³-hybridized carbons (Fsp3) is 0.333. The highest BCUT2D eigenvalue weighted by Gasteiger charge is 2.31. The highest BCUT2D eigenvalue weighted by molar-refractivity contribution is 8.00. The summed E-state index contributed by atoms with van der Waals surface area (Å²) >= 11 is -0.395. The Hall–Kier alpha value is -1.72. The molecular formula is C12H11F3N2O2S. The van der Waals surface area contributed by atoms with Crippen LogP contribution in [0.25, 0.3) is 0 Å². The van der Waals surface area contributed by atoms with Crippen molar-refractivity contribution >= 4 is 17.7 Å². The first-order chi connectivity index (χ1) is 9.32. The maximum absolute atomic E-state index is 12.4. The molecule has 0 saturated carbocycles. The number of hydrogen-bond donors (Lipinski definition) is 1. The fourth-order valence-corrected chi connectivity index (χ4v) is 2.27. The van der Waals surface area contributed by atoms with Gasteiger partial charge in [0.2, 0.25) is 0 Å². The molecule has 1 aromatic rings. The van der Waals surface area contributed by atoms with E-state index in [2.05, 4.69) is 4.74 Å². The van der Waals surface area contributed by atoms with Crippen LogP contribution >= 0.6 is 11.8 Å². The third-order valence-corrected chi connectivity index (χ3v) is 3.27. The van der Waals surface area contributed by atoms with E-state index in [1.165, 1.54) is 12.1 Å². The molecule has 0 aliphatic rings. The number of esters is 1. The van der Waals surface area contributed by atoms with Crippen LogP contribution < -0.4 is 5.73 Å². The maximum atomic E-state index is 12.4. The summed E-state index contributed by atoms with van der Waals surface area (Å²) in [5.74, 6) is -0.648. The number of nitrogens with two attached hydrogens (primary N) is 1. The monoisotopic (exact) mass is 304 g/mol. The lowest BCUT2D eigenvalue weighted by atomic mass is 9.99. The minimum atomic E-state index is -4.52. The molecule has 0 aromatic heterocycles. The van der Waals surface area contributed by atoms with E-state index < -0.39 is 23.2 Å². The first-order valence-corrected chi connectivity index (χ1v) is 6.21. The van der Waals surface area contributed by atoms with E-state index in [1.807, 2.05) is 0 Å². The summed E-state index contributed by atoms with van der Waals surface area (Å²) in [6.07, 6.45) is -0.293. The lowest BCUT2D eigenvalue weighted by Gasteiger charge is -2.14. The zero-order chi connectivity index (χ0) is 15.3. The molecule has 0 radical (unpaired) electrons. The normalized spacial score (nSPS) is 11.0. The van der Waals surface area contributed by atoms with Gasteiger partial charge in [-0.2, -0.15) is 18.4 Å². The van der Waals surface area contributed by atoms with Gasteiger partial charge in [0.25, 0.3) is 0 Å². The molecule has 0 saturated heterocycles. The van der Waals surface area contributed by atoms with Crippen LogP contribution in [0.4, 0.5) is 13.2 Å². The van der Waals surface area contributed by atoms with Crippen molar-refractivity contribution in [3.8, 4) is 6.07 Å². The topological polar surface area (TPSA) is 76.1 Å². The Balaban J connectivity index is 3.33. The van der Waals surface area contributed by atoms with Crippen LogP contribution in [-0.2, 0) is 22.5 Å². The van der Waals surface area contributed by atoms with E-state index in [9.17, 15) is 18.0 Å². The van der Waals surface area contributed by atoms with Gasteiger partial charge in [0.15, 0.2) is 0 Å². The lowest BCUT2D eigenvalue weighted by molar-refractivity contribution is -0.139. The van der Waals surface area contributed by atoms with Gasteiger partial charge in [-0.3, -0.25) is 4.79 Å². The van der Waals surface area contributed by atoms with Crippen LogP contribution in [0.2, 0.25) is 0 Å². The van der Waals surface area contributed by atoms with Gasteiger partial charge in [-0.05, 0) is 29.0 Å². The Kier molecular flexibility index (Phi) is 5.42. The van der Waals surface area contributed by atoms with Crippen molar-refractivity contribution in [1.29, 1.82) is 5.26 Å². The van der Waals surface area contributed by atoms with Crippen molar-refractivity contribution in [3.05, 3.63) is 28.8 Å². The standard InChI is InChI=1S/C12H11F3N2O2S/c1-19-11(18)4-8-7(5-16)2-3-10(9(8)6-17)20-12(13,14)15/h2-3H,4-5,16H2,1H3. The van der Waals surface area contributed by atoms with Crippen molar-refractivity contribution in [3.63, 3.8) is 0 Å². The molecule has 1 rings (SSSR count). The number of rotatable bonds is 4. The third-order valence-electron chi connectivity index (χ3n) is 2.48. The number of carbonyl (C=O) groups is 1. The molecule has 0 amide bonds. The number of methoxy groups -OCH3 is 1. The van der Waals surface area contributed by atoms with E-state index in [0.717, 1.165) is 7.11 Å². The Morgan fingerprint density at radius 1 is 1.50 bits per heavy atom. The molecule has 0 bridgehead atoms. The Labute approximate surface area is 117 Å². The van der Waals surface area contributed by atoms with E-state index in [0.29, 0.717) is 5.56 Å². The second-order valence-electron chi connectivity index (χ2n) is 3.69. The molecule has 0 spiro atoms. The number of alkyl halides is 3. The second kappa shape index (κ2) is 6.63. The van der Waals surface area contributed by atoms with Crippen molar-refractivity contribution < 1.29 is 22.7 Å². The summed E-state index contributed by atoms with van der Waals surface area (Å²) < 4.78 is 41.8. The fourth-order valence-electron chi connectivity index (χ4n) is 1.61. The molecule has 8 heteroatoms. The quantitative estimate of drug-likeness (QED) is 0.682. The number of halogens is 3. The number of ether oxygens (including phenoxy) is 1. The average molecular weight is 304 g/mol. The van der Waals surface area contributed by atoms with Gasteiger partial charge in [0, 0.05) is 11.4 Å². The number of thioether (sulfide) groups is 1. The number of carbonyl (C=O) groups excluding carboxylic acids is 1. The van der Waals surface area contributed by atoms with E-state index in [4.69, 9.17) is 11.0 Å². The van der Waals surface area contributed by atoms with Crippen LogP contribution in [0, 0.1) is 11.3 Å². The van der Waals surface area contributed by atoms with Crippen molar-refractivity contribution in [2.75, 3.05) is 7.11 Å². The van der Waals surface area contributed by atoms with Gasteiger partial charge < -0.3 is 10.5 Å². The number of nitrogens with zero attached hydrogens (tertiary/aromatic N) is 1. The molecule has 0 aliphatic heterocycles. The van der Waals surface area contributed by atoms with Gasteiger partial charge in [0.1, 0.15) is 6.07 Å². The van der Waals surface area contributed by atoms with Crippen LogP contribution in [0.3, 0.4) is 0 Å². The summed E-state index contributed by atoms with van der Waals surface area (Å²) in [5.41, 5.74) is 1.39. The molecule has 4 nitrogen and oxygen atoms in total. The summed E-state index contributed by atoms with van der Waals surface area (Å²) in [5, 5.41) is 9.08. The number of hydrogen-bond acceptors (Lipinski definition) is 5. The average Bonchev–Trinajstić information content (AvgIpc) is 2.37. The van der Waals surface area contributed by atoms with Crippen molar-refractivity contribution in [2.24, 2.45) is 5.73 Å². The van der Waals surface area contributed by atoms with Gasteiger partial charge in [-0.1, -0.05) is 6.07 Å². The molecule has 0 unspecified atom stereocenters. The summed E-state index contributed by atoms with van der Waals surface area (Å²) in [7, 11) is 1.16. The minimum Gasteiger partial charge on any atom is -0.469 e. The zero-order valence-electron chi connectivity index (χ0n) is 10.5. The lowest BCUT2D eigenvalue weighted by Crippen LogP contribution is -2.12. The van der Waals surface area contributed by atoms with Crippen molar-refractivity contribution in [2.45, 2.75) is 23.4 Å². The molecule has 1 aromatic carbocycles. The van der Waals surface area contributed by atoms with Gasteiger partial charge >= 0.3 is 11.5 Å². The first-order valence-electron chi connectivity index (χ1n) is 5.39. The van der Waals surface area contributed by atoms with E-state index in [-0.39, 0.29) is 29.0 Å². The summed E-state index contributed by atoms with van der Waals surface area (Å²) in [4.78, 5) is 11.1. The number of nitriles is 1. The molecular weight excluding hydrogens is 293 g/mol. The van der Waals surface area contributed by atoms with Gasteiger partial charge in [-0.15, -0.1) is 0 Å². The van der Waals surface area contributed by atoms with Crippen LogP contribution in [0.1, 0.15) is 16.7 Å². The van der Waals surface area contributed by atoms with Crippen LogP contribution in [0.15, 0.2) is 17.0 Å². The highest BCUT2D eigenvalue weighted by atomic mass is 32.2. The van der Waals surface area contributed by atoms with Gasteiger partial charge in [-0.25, -0.2) is 0 Å². The van der Waals surface area contributed by atoms with E-state index >= 15 is 0 Å². The van der Waals surface area contributed by atoms with E-state index in [1.54, 1.807) is 6.07 Å². The zero-order valence-corrected chi connectivity index (χ0v) is 11.3. The molecule has 108 valence electrons. The Morgan fingerprint density at radius 3 is 2.60 bits per heavy atom. The highest BCUT2D eigenvalue weighted by Crippen LogP contribution is 2.39. The smallest absolute Gasteiger partial charge is 0.446 e. The van der Waals surface area contributed by atoms with Crippen LogP contribution in [0.5, 0.6) is 0 Å². The molecule has 0 heterocycles. The molecule has 0 aliphatic carbocycles. The third kappa shape index (κ3) is 4.15. The molecule has 20 heavy (non-hydrogen) atoms. The molecule has 2 N–H and O–H groups in total. The minimum absolute atomic E-state index is 0.0119. The number of benzene rings is 1. The molecule has 0 fully saturated rings. The largest absolute Gasteiger partial charge is 0.469 e. The summed E-state index contributed by atoms with van der Waals surface area (Å²) in [6, 6.07) is 4.27.